The Morgan fingerprint density at radius 3 is 3.00 bits per heavy atom. The van der Waals surface area contributed by atoms with E-state index in [0.717, 1.165) is 24.9 Å². The molecule has 1 N–H and O–H groups in total. The quantitative estimate of drug-likeness (QED) is 0.907. The van der Waals surface area contributed by atoms with Crippen LogP contribution in [0.5, 0.6) is 0 Å². The summed E-state index contributed by atoms with van der Waals surface area (Å²) in [6.45, 7) is 3.46. The van der Waals surface area contributed by atoms with Gasteiger partial charge in [0, 0.05) is 25.6 Å². The highest BCUT2D eigenvalue weighted by molar-refractivity contribution is 5.78. The molecule has 4 heteroatoms. The molecule has 3 nitrogen and oxygen atoms in total. The third-order valence-corrected chi connectivity index (χ3v) is 3.66. The molecule has 1 fully saturated rings. The fourth-order valence-electron chi connectivity index (χ4n) is 2.65. The number of piperidine rings is 1. The summed E-state index contributed by atoms with van der Waals surface area (Å²) in [5, 5.41) is 3.34. The van der Waals surface area contributed by atoms with Crippen molar-refractivity contribution in [1.29, 1.82) is 0 Å². The SMILES string of the molecule is C[C@H]1C[C@@H](C(=O)N(C)Cc2cccc(F)c2)CCN1. The van der Waals surface area contributed by atoms with Gasteiger partial charge in [0.15, 0.2) is 0 Å². The van der Waals surface area contributed by atoms with E-state index >= 15 is 0 Å². The molecule has 2 atom stereocenters. The van der Waals surface area contributed by atoms with E-state index in [1.807, 2.05) is 6.07 Å². The number of nitrogens with one attached hydrogen (secondary N) is 1. The van der Waals surface area contributed by atoms with E-state index in [2.05, 4.69) is 12.2 Å². The van der Waals surface area contributed by atoms with Crippen LogP contribution in [0.25, 0.3) is 0 Å². The second kappa shape index (κ2) is 6.15. The van der Waals surface area contributed by atoms with Crippen LogP contribution in [0.15, 0.2) is 24.3 Å². The molecule has 104 valence electrons. The van der Waals surface area contributed by atoms with Gasteiger partial charge >= 0.3 is 0 Å². The monoisotopic (exact) mass is 264 g/mol. The summed E-state index contributed by atoms with van der Waals surface area (Å²) in [5.74, 6) is 0.00116. The van der Waals surface area contributed by atoms with Gasteiger partial charge in [0.05, 0.1) is 0 Å². The zero-order valence-electron chi connectivity index (χ0n) is 11.5. The van der Waals surface area contributed by atoms with Crippen LogP contribution in [-0.4, -0.2) is 30.4 Å². The van der Waals surface area contributed by atoms with Gasteiger partial charge in [0.25, 0.3) is 0 Å². The molecule has 1 aromatic rings. The molecule has 2 rings (SSSR count). The van der Waals surface area contributed by atoms with Crippen LogP contribution >= 0.6 is 0 Å². The van der Waals surface area contributed by atoms with Gasteiger partial charge in [-0.3, -0.25) is 4.79 Å². The first-order chi connectivity index (χ1) is 9.06. The number of nitrogens with zero attached hydrogens (tertiary/aromatic N) is 1. The van der Waals surface area contributed by atoms with Crippen LogP contribution in [0.1, 0.15) is 25.3 Å². The number of benzene rings is 1. The predicted octanol–water partition coefficient (Wildman–Crippen LogP) is 2.17. The Morgan fingerprint density at radius 2 is 2.32 bits per heavy atom. The molecule has 0 radical (unpaired) electrons. The Balaban J connectivity index is 1.95. The summed E-state index contributed by atoms with van der Waals surface area (Å²) in [4.78, 5) is 14.0. The molecule has 1 aromatic carbocycles. The van der Waals surface area contributed by atoms with Crippen LogP contribution in [0.2, 0.25) is 0 Å². The normalized spacial score (nSPS) is 23.1. The predicted molar refractivity (Wildman–Crippen MR) is 73.1 cm³/mol. The standard InChI is InChI=1S/C15H21FN2O/c1-11-8-13(6-7-17-11)15(19)18(2)10-12-4-3-5-14(16)9-12/h3-5,9,11,13,17H,6-8,10H2,1-2H3/t11-,13-/m0/s1. The highest BCUT2D eigenvalue weighted by Gasteiger charge is 2.26. The minimum atomic E-state index is -0.256. The molecule has 0 spiro atoms. The maximum atomic E-state index is 13.1. The molecule has 0 aliphatic carbocycles. The smallest absolute Gasteiger partial charge is 0.225 e. The summed E-state index contributed by atoms with van der Waals surface area (Å²) >= 11 is 0. The van der Waals surface area contributed by atoms with Gasteiger partial charge in [-0.15, -0.1) is 0 Å². The van der Waals surface area contributed by atoms with Gasteiger partial charge in [-0.1, -0.05) is 12.1 Å². The third kappa shape index (κ3) is 3.77. The lowest BCUT2D eigenvalue weighted by atomic mass is 9.92. The first kappa shape index (κ1) is 14.0. The van der Waals surface area contributed by atoms with Crippen LogP contribution < -0.4 is 5.32 Å². The van der Waals surface area contributed by atoms with Gasteiger partial charge in [-0.05, 0) is 44.0 Å². The molecule has 1 saturated heterocycles. The number of halogens is 1. The molecular weight excluding hydrogens is 243 g/mol. The molecule has 0 saturated carbocycles. The van der Waals surface area contributed by atoms with Gasteiger partial charge in [0.2, 0.25) is 5.91 Å². The third-order valence-electron chi connectivity index (χ3n) is 3.66. The number of hydrogen-bond acceptors (Lipinski definition) is 2. The fourth-order valence-corrected chi connectivity index (χ4v) is 2.65. The van der Waals surface area contributed by atoms with Gasteiger partial charge in [-0.2, -0.15) is 0 Å². The molecule has 1 aliphatic rings. The molecule has 0 bridgehead atoms. The zero-order chi connectivity index (χ0) is 13.8. The number of amides is 1. The second-order valence-electron chi connectivity index (χ2n) is 5.40. The topological polar surface area (TPSA) is 32.3 Å². The molecule has 1 aliphatic heterocycles. The summed E-state index contributed by atoms with van der Waals surface area (Å²) in [7, 11) is 1.79. The number of carbonyl (C=O) groups is 1. The Kier molecular flexibility index (Phi) is 4.53. The molecule has 0 aromatic heterocycles. The average Bonchev–Trinajstić information content (AvgIpc) is 2.38. The minimum Gasteiger partial charge on any atom is -0.341 e. The fraction of sp³-hybridized carbons (Fsp3) is 0.533. The van der Waals surface area contributed by atoms with Crippen molar-refractivity contribution in [2.24, 2.45) is 5.92 Å². The van der Waals surface area contributed by atoms with E-state index in [9.17, 15) is 9.18 Å². The van der Waals surface area contributed by atoms with Crippen molar-refractivity contribution in [2.75, 3.05) is 13.6 Å². The molecule has 1 amide bonds. The van der Waals surface area contributed by atoms with Crippen molar-refractivity contribution in [3.8, 4) is 0 Å². The Bertz CT molecular complexity index is 450. The molecule has 0 unspecified atom stereocenters. The van der Waals surface area contributed by atoms with Crippen LogP contribution in [0.3, 0.4) is 0 Å². The van der Waals surface area contributed by atoms with Crippen molar-refractivity contribution < 1.29 is 9.18 Å². The largest absolute Gasteiger partial charge is 0.341 e. The van der Waals surface area contributed by atoms with E-state index in [1.54, 1.807) is 18.0 Å². The maximum absolute atomic E-state index is 13.1. The number of hydrogen-bond donors (Lipinski definition) is 1. The highest BCUT2D eigenvalue weighted by Crippen LogP contribution is 2.19. The molecule has 19 heavy (non-hydrogen) atoms. The van der Waals surface area contributed by atoms with E-state index in [0.29, 0.717) is 12.6 Å². The number of rotatable bonds is 3. The first-order valence-corrected chi connectivity index (χ1v) is 6.79. The Hall–Kier alpha value is -1.42. The van der Waals surface area contributed by atoms with Gasteiger partial charge in [-0.25, -0.2) is 4.39 Å². The summed E-state index contributed by atoms with van der Waals surface area (Å²) in [6.07, 6.45) is 1.77. The van der Waals surface area contributed by atoms with Crippen molar-refractivity contribution in [3.05, 3.63) is 35.6 Å². The summed E-state index contributed by atoms with van der Waals surface area (Å²) in [5.41, 5.74) is 0.831. The molecule has 1 heterocycles. The lowest BCUT2D eigenvalue weighted by Gasteiger charge is -2.30. The van der Waals surface area contributed by atoms with Crippen molar-refractivity contribution >= 4 is 5.91 Å². The maximum Gasteiger partial charge on any atom is 0.225 e. The highest BCUT2D eigenvalue weighted by atomic mass is 19.1. The van der Waals surface area contributed by atoms with Crippen molar-refractivity contribution in [2.45, 2.75) is 32.4 Å². The van der Waals surface area contributed by atoms with E-state index < -0.39 is 0 Å². The van der Waals surface area contributed by atoms with E-state index in [1.165, 1.54) is 12.1 Å². The van der Waals surface area contributed by atoms with Crippen LogP contribution in [0, 0.1) is 11.7 Å². The zero-order valence-corrected chi connectivity index (χ0v) is 11.5. The van der Waals surface area contributed by atoms with Crippen molar-refractivity contribution in [3.63, 3.8) is 0 Å². The van der Waals surface area contributed by atoms with E-state index in [-0.39, 0.29) is 17.6 Å². The van der Waals surface area contributed by atoms with Crippen LogP contribution in [0.4, 0.5) is 4.39 Å². The van der Waals surface area contributed by atoms with Crippen molar-refractivity contribution in [1.82, 2.24) is 10.2 Å². The lowest BCUT2D eigenvalue weighted by Crippen LogP contribution is -2.42. The van der Waals surface area contributed by atoms with Gasteiger partial charge in [0.1, 0.15) is 5.82 Å². The summed E-state index contributed by atoms with van der Waals surface area (Å²) < 4.78 is 13.1. The average molecular weight is 264 g/mol. The number of carbonyl (C=O) groups excluding carboxylic acids is 1. The first-order valence-electron chi connectivity index (χ1n) is 6.79. The lowest BCUT2D eigenvalue weighted by molar-refractivity contribution is -0.135. The molecular formula is C15H21FN2O. The Morgan fingerprint density at radius 1 is 1.53 bits per heavy atom. The van der Waals surface area contributed by atoms with Gasteiger partial charge < -0.3 is 10.2 Å². The van der Waals surface area contributed by atoms with E-state index in [4.69, 9.17) is 0 Å². The summed E-state index contributed by atoms with van der Waals surface area (Å²) in [6, 6.07) is 6.81. The second-order valence-corrected chi connectivity index (χ2v) is 5.40. The van der Waals surface area contributed by atoms with Crippen LogP contribution in [-0.2, 0) is 11.3 Å². The Labute approximate surface area is 113 Å². The minimum absolute atomic E-state index is 0.0924.